The lowest BCUT2D eigenvalue weighted by Crippen LogP contribution is -2.04. The van der Waals surface area contributed by atoms with E-state index in [0.29, 0.717) is 15.8 Å². The standard InChI is InChI=1S/C12H8F3NS/c13-12(14,15)9-3-1-8(2-4-9)11-7-10(17)5-6-16-11/h1-7H,(H,16,17). The molecule has 1 nitrogen and oxygen atoms in total. The summed E-state index contributed by atoms with van der Waals surface area (Å²) >= 11 is 4.98. The van der Waals surface area contributed by atoms with E-state index in [9.17, 15) is 13.2 Å². The fourth-order valence-electron chi connectivity index (χ4n) is 1.45. The van der Waals surface area contributed by atoms with E-state index in [0.717, 1.165) is 12.1 Å². The van der Waals surface area contributed by atoms with Crippen molar-refractivity contribution in [3.8, 4) is 11.3 Å². The van der Waals surface area contributed by atoms with Gasteiger partial charge in [0, 0.05) is 16.4 Å². The number of nitrogens with one attached hydrogen (secondary N) is 1. The summed E-state index contributed by atoms with van der Waals surface area (Å²) < 4.78 is 37.7. The Morgan fingerprint density at radius 2 is 1.65 bits per heavy atom. The topological polar surface area (TPSA) is 15.8 Å². The summed E-state index contributed by atoms with van der Waals surface area (Å²) in [6, 6.07) is 8.37. The highest BCUT2D eigenvalue weighted by Crippen LogP contribution is 2.30. The molecule has 0 atom stereocenters. The van der Waals surface area contributed by atoms with Gasteiger partial charge in [0.25, 0.3) is 0 Å². The molecule has 2 rings (SSSR count). The molecule has 0 fully saturated rings. The molecule has 0 radical (unpaired) electrons. The van der Waals surface area contributed by atoms with Gasteiger partial charge in [-0.25, -0.2) is 0 Å². The van der Waals surface area contributed by atoms with E-state index in [1.807, 2.05) is 0 Å². The minimum atomic E-state index is -4.30. The minimum absolute atomic E-state index is 0.638. The Balaban J connectivity index is 2.39. The number of halogens is 3. The first-order chi connectivity index (χ1) is 7.97. The van der Waals surface area contributed by atoms with Crippen LogP contribution in [0.1, 0.15) is 5.56 Å². The van der Waals surface area contributed by atoms with Crippen molar-refractivity contribution in [3.05, 3.63) is 52.7 Å². The van der Waals surface area contributed by atoms with Crippen LogP contribution in [0.15, 0.2) is 42.6 Å². The van der Waals surface area contributed by atoms with Crippen molar-refractivity contribution in [3.63, 3.8) is 0 Å². The van der Waals surface area contributed by atoms with Crippen molar-refractivity contribution in [2.75, 3.05) is 0 Å². The molecule has 0 aliphatic carbocycles. The molecule has 1 aromatic heterocycles. The average molecular weight is 255 g/mol. The van der Waals surface area contributed by atoms with Gasteiger partial charge >= 0.3 is 6.18 Å². The zero-order chi connectivity index (χ0) is 12.5. The first kappa shape index (κ1) is 11.9. The van der Waals surface area contributed by atoms with Gasteiger partial charge in [0.05, 0.1) is 5.56 Å². The van der Waals surface area contributed by atoms with E-state index in [1.54, 1.807) is 18.3 Å². The second-order valence-corrected chi connectivity index (χ2v) is 3.98. The van der Waals surface area contributed by atoms with Gasteiger partial charge in [-0.15, -0.1) is 0 Å². The zero-order valence-electron chi connectivity index (χ0n) is 8.58. The maximum absolute atomic E-state index is 12.4. The molecule has 0 aliphatic heterocycles. The first-order valence-electron chi connectivity index (χ1n) is 4.83. The van der Waals surface area contributed by atoms with Crippen LogP contribution in [-0.2, 0) is 6.18 Å². The lowest BCUT2D eigenvalue weighted by atomic mass is 10.1. The Kier molecular flexibility index (Phi) is 3.02. The smallest absolute Gasteiger partial charge is 0.361 e. The summed E-state index contributed by atoms with van der Waals surface area (Å²) in [4.78, 5) is 2.94. The lowest BCUT2D eigenvalue weighted by Gasteiger charge is -2.07. The van der Waals surface area contributed by atoms with Gasteiger partial charge in [-0.3, -0.25) is 0 Å². The first-order valence-corrected chi connectivity index (χ1v) is 5.24. The summed E-state index contributed by atoms with van der Waals surface area (Å²) in [5.74, 6) is 0. The average Bonchev–Trinajstić information content (AvgIpc) is 2.28. The predicted octanol–water partition coefficient (Wildman–Crippen LogP) is 4.43. The number of hydrogen-bond donors (Lipinski definition) is 1. The van der Waals surface area contributed by atoms with Crippen molar-refractivity contribution in [1.29, 1.82) is 0 Å². The predicted molar refractivity (Wildman–Crippen MR) is 62.1 cm³/mol. The van der Waals surface area contributed by atoms with E-state index in [-0.39, 0.29) is 0 Å². The van der Waals surface area contributed by atoms with E-state index in [1.165, 1.54) is 12.1 Å². The van der Waals surface area contributed by atoms with E-state index in [4.69, 9.17) is 12.2 Å². The highest BCUT2D eigenvalue weighted by atomic mass is 32.1. The Hall–Kier alpha value is -1.62. The molecule has 17 heavy (non-hydrogen) atoms. The van der Waals surface area contributed by atoms with Crippen LogP contribution in [0.5, 0.6) is 0 Å². The van der Waals surface area contributed by atoms with Gasteiger partial charge in [0.1, 0.15) is 0 Å². The second-order valence-electron chi connectivity index (χ2n) is 3.51. The summed E-state index contributed by atoms with van der Waals surface area (Å²) in [7, 11) is 0. The van der Waals surface area contributed by atoms with Gasteiger partial charge in [-0.2, -0.15) is 13.2 Å². The highest BCUT2D eigenvalue weighted by Gasteiger charge is 2.29. The third kappa shape index (κ3) is 2.74. The molecule has 2 aromatic rings. The number of aromatic amines is 1. The minimum Gasteiger partial charge on any atom is -0.361 e. The van der Waals surface area contributed by atoms with Crippen LogP contribution < -0.4 is 0 Å². The highest BCUT2D eigenvalue weighted by molar-refractivity contribution is 7.71. The zero-order valence-corrected chi connectivity index (χ0v) is 9.40. The van der Waals surface area contributed by atoms with Gasteiger partial charge < -0.3 is 4.98 Å². The fourth-order valence-corrected chi connectivity index (χ4v) is 1.64. The monoisotopic (exact) mass is 255 g/mol. The molecule has 88 valence electrons. The van der Waals surface area contributed by atoms with Gasteiger partial charge in [-0.05, 0) is 29.8 Å². The molecule has 0 spiro atoms. The van der Waals surface area contributed by atoms with Crippen molar-refractivity contribution in [2.45, 2.75) is 6.18 Å². The molecule has 0 saturated heterocycles. The molecule has 0 saturated carbocycles. The van der Waals surface area contributed by atoms with Crippen LogP contribution in [0.25, 0.3) is 11.3 Å². The normalized spacial score (nSPS) is 11.5. The molecular formula is C12H8F3NS. The van der Waals surface area contributed by atoms with Crippen LogP contribution in [0, 0.1) is 4.51 Å². The van der Waals surface area contributed by atoms with Gasteiger partial charge in [-0.1, -0.05) is 24.4 Å². The third-order valence-corrected chi connectivity index (χ3v) is 2.55. The van der Waals surface area contributed by atoms with E-state index in [2.05, 4.69) is 4.98 Å². The lowest BCUT2D eigenvalue weighted by molar-refractivity contribution is -0.137. The number of rotatable bonds is 1. The molecule has 0 unspecified atom stereocenters. The fraction of sp³-hybridized carbons (Fsp3) is 0.0833. The summed E-state index contributed by atoms with van der Waals surface area (Å²) in [5, 5.41) is 0. The number of pyridine rings is 1. The summed E-state index contributed by atoms with van der Waals surface area (Å²) in [5.41, 5.74) is 0.715. The van der Waals surface area contributed by atoms with Crippen LogP contribution >= 0.6 is 12.2 Å². The number of hydrogen-bond acceptors (Lipinski definition) is 1. The molecule has 1 heterocycles. The second kappa shape index (κ2) is 4.33. The summed E-state index contributed by atoms with van der Waals surface area (Å²) in [6.45, 7) is 0. The molecule has 0 aliphatic rings. The van der Waals surface area contributed by atoms with Crippen LogP contribution in [0.3, 0.4) is 0 Å². The quantitative estimate of drug-likeness (QED) is 0.745. The SMILES string of the molecule is FC(F)(F)c1ccc(-c2cc(=S)cc[nH]2)cc1. The third-order valence-electron chi connectivity index (χ3n) is 2.30. The number of aromatic nitrogens is 1. The maximum atomic E-state index is 12.4. The molecular weight excluding hydrogens is 247 g/mol. The summed E-state index contributed by atoms with van der Waals surface area (Å²) in [6.07, 6.45) is -2.64. The Morgan fingerprint density at radius 3 is 2.18 bits per heavy atom. The number of benzene rings is 1. The largest absolute Gasteiger partial charge is 0.416 e. The number of H-pyrrole nitrogens is 1. The Bertz CT molecular complexity index is 569. The van der Waals surface area contributed by atoms with Crippen molar-refractivity contribution >= 4 is 12.2 Å². The van der Waals surface area contributed by atoms with Crippen LogP contribution in [0.4, 0.5) is 13.2 Å². The molecule has 0 amide bonds. The maximum Gasteiger partial charge on any atom is 0.416 e. The molecule has 1 aromatic carbocycles. The molecule has 1 N–H and O–H groups in total. The van der Waals surface area contributed by atoms with Gasteiger partial charge in [0.2, 0.25) is 0 Å². The van der Waals surface area contributed by atoms with Crippen molar-refractivity contribution in [1.82, 2.24) is 4.98 Å². The van der Waals surface area contributed by atoms with E-state index < -0.39 is 11.7 Å². The van der Waals surface area contributed by atoms with Crippen LogP contribution in [-0.4, -0.2) is 4.98 Å². The Morgan fingerprint density at radius 1 is 1.00 bits per heavy atom. The van der Waals surface area contributed by atoms with Crippen molar-refractivity contribution in [2.24, 2.45) is 0 Å². The molecule has 0 bridgehead atoms. The Labute approximate surface area is 101 Å². The van der Waals surface area contributed by atoms with Gasteiger partial charge in [0.15, 0.2) is 0 Å². The number of alkyl halides is 3. The van der Waals surface area contributed by atoms with E-state index >= 15 is 0 Å². The molecule has 5 heteroatoms. The van der Waals surface area contributed by atoms with Crippen molar-refractivity contribution < 1.29 is 13.2 Å². The van der Waals surface area contributed by atoms with Crippen LogP contribution in [0.2, 0.25) is 0 Å².